The maximum Gasteiger partial charge on any atom is 0.124 e. The fraction of sp³-hybridized carbons (Fsp3) is 0.647. The average molecular weight is 295 g/mol. The number of benzene rings is 1. The molecular formula is C17H29NOS. The Morgan fingerprint density at radius 2 is 1.90 bits per heavy atom. The largest absolute Gasteiger partial charge is 0.493 e. The van der Waals surface area contributed by atoms with Crippen molar-refractivity contribution in [1.29, 1.82) is 0 Å². The lowest BCUT2D eigenvalue weighted by atomic mass is 10.1. The van der Waals surface area contributed by atoms with Crippen molar-refractivity contribution in [3.8, 4) is 5.75 Å². The molecule has 3 heteroatoms. The van der Waals surface area contributed by atoms with Gasteiger partial charge in [0, 0.05) is 17.4 Å². The van der Waals surface area contributed by atoms with Crippen LogP contribution in [0.4, 0.5) is 0 Å². The lowest BCUT2D eigenvalue weighted by Crippen LogP contribution is -2.24. The molecule has 0 saturated carbocycles. The lowest BCUT2D eigenvalue weighted by molar-refractivity contribution is 0.311. The zero-order chi connectivity index (χ0) is 14.8. The molecule has 1 N–H and O–H groups in total. The summed E-state index contributed by atoms with van der Waals surface area (Å²) in [5.74, 6) is 4.08. The molecule has 1 aromatic carbocycles. The third-order valence-electron chi connectivity index (χ3n) is 2.94. The second-order valence-electron chi connectivity index (χ2n) is 5.43. The van der Waals surface area contributed by atoms with Gasteiger partial charge in [-0.25, -0.2) is 0 Å². The van der Waals surface area contributed by atoms with Crippen LogP contribution in [0.15, 0.2) is 24.3 Å². The molecule has 114 valence electrons. The van der Waals surface area contributed by atoms with E-state index in [9.17, 15) is 0 Å². The molecule has 1 unspecified atom stereocenters. The smallest absolute Gasteiger partial charge is 0.124 e. The van der Waals surface area contributed by atoms with Gasteiger partial charge in [-0.15, -0.1) is 0 Å². The zero-order valence-corrected chi connectivity index (χ0v) is 14.1. The summed E-state index contributed by atoms with van der Waals surface area (Å²) in [6, 6.07) is 8.80. The zero-order valence-electron chi connectivity index (χ0n) is 13.3. The van der Waals surface area contributed by atoms with Crippen molar-refractivity contribution in [3.05, 3.63) is 29.8 Å². The first-order valence-corrected chi connectivity index (χ1v) is 8.87. The van der Waals surface area contributed by atoms with Crippen molar-refractivity contribution in [2.45, 2.75) is 40.2 Å². The van der Waals surface area contributed by atoms with Crippen LogP contribution in [0.5, 0.6) is 5.75 Å². The molecule has 0 aliphatic carbocycles. The van der Waals surface area contributed by atoms with Gasteiger partial charge in [-0.1, -0.05) is 45.9 Å². The Hall–Kier alpha value is -0.670. The SMILES string of the molecule is CCCOc1ccccc1C(CSCC(C)C)NCC. The molecular weight excluding hydrogens is 266 g/mol. The van der Waals surface area contributed by atoms with Crippen molar-refractivity contribution in [2.75, 3.05) is 24.7 Å². The summed E-state index contributed by atoms with van der Waals surface area (Å²) < 4.78 is 5.89. The van der Waals surface area contributed by atoms with Crippen LogP contribution in [0.3, 0.4) is 0 Å². The number of nitrogens with one attached hydrogen (secondary N) is 1. The Bertz CT molecular complexity index is 368. The summed E-state index contributed by atoms with van der Waals surface area (Å²) in [6.45, 7) is 10.6. The van der Waals surface area contributed by atoms with Gasteiger partial charge in [-0.2, -0.15) is 11.8 Å². The monoisotopic (exact) mass is 295 g/mol. The van der Waals surface area contributed by atoms with Gasteiger partial charge >= 0.3 is 0 Å². The third-order valence-corrected chi connectivity index (χ3v) is 4.41. The number of hydrogen-bond donors (Lipinski definition) is 1. The predicted octanol–water partition coefficient (Wildman–Crippen LogP) is 4.52. The van der Waals surface area contributed by atoms with E-state index in [1.54, 1.807) is 0 Å². The molecule has 0 heterocycles. The van der Waals surface area contributed by atoms with Gasteiger partial charge in [0.2, 0.25) is 0 Å². The molecule has 0 bridgehead atoms. The molecule has 1 atom stereocenters. The highest BCUT2D eigenvalue weighted by Crippen LogP contribution is 2.28. The standard InChI is InChI=1S/C17H29NOS/c1-5-11-19-17-10-8-7-9-15(17)16(18-6-2)13-20-12-14(3)4/h7-10,14,16,18H,5-6,11-13H2,1-4H3. The summed E-state index contributed by atoms with van der Waals surface area (Å²) in [7, 11) is 0. The molecule has 0 aliphatic heterocycles. The lowest BCUT2D eigenvalue weighted by Gasteiger charge is -2.21. The van der Waals surface area contributed by atoms with Crippen LogP contribution in [-0.4, -0.2) is 24.7 Å². The third kappa shape index (κ3) is 6.19. The minimum Gasteiger partial charge on any atom is -0.493 e. The van der Waals surface area contributed by atoms with E-state index in [4.69, 9.17) is 4.74 Å². The summed E-state index contributed by atoms with van der Waals surface area (Å²) in [5.41, 5.74) is 1.29. The number of thioether (sulfide) groups is 1. The van der Waals surface area contributed by atoms with Gasteiger partial charge < -0.3 is 10.1 Å². The van der Waals surface area contributed by atoms with Crippen LogP contribution < -0.4 is 10.1 Å². The molecule has 0 radical (unpaired) electrons. The molecule has 0 saturated heterocycles. The molecule has 0 aliphatic rings. The molecule has 20 heavy (non-hydrogen) atoms. The maximum absolute atomic E-state index is 5.89. The highest BCUT2D eigenvalue weighted by molar-refractivity contribution is 7.99. The van der Waals surface area contributed by atoms with Crippen molar-refractivity contribution in [1.82, 2.24) is 5.32 Å². The molecule has 0 spiro atoms. The average Bonchev–Trinajstić information content (AvgIpc) is 2.44. The predicted molar refractivity (Wildman–Crippen MR) is 90.8 cm³/mol. The van der Waals surface area contributed by atoms with E-state index in [2.05, 4.69) is 57.3 Å². The Kier molecular flexibility index (Phi) is 8.79. The second kappa shape index (κ2) is 10.1. The van der Waals surface area contributed by atoms with Crippen LogP contribution in [0, 0.1) is 5.92 Å². The Labute approximate surface area is 128 Å². The number of hydrogen-bond acceptors (Lipinski definition) is 3. The quantitative estimate of drug-likeness (QED) is 0.686. The van der Waals surface area contributed by atoms with E-state index in [-0.39, 0.29) is 0 Å². The summed E-state index contributed by atoms with van der Waals surface area (Å²) >= 11 is 2.02. The van der Waals surface area contributed by atoms with E-state index in [0.29, 0.717) is 6.04 Å². The molecule has 0 fully saturated rings. The first-order valence-electron chi connectivity index (χ1n) is 7.71. The molecule has 1 aromatic rings. The van der Waals surface area contributed by atoms with E-state index < -0.39 is 0 Å². The second-order valence-corrected chi connectivity index (χ2v) is 6.50. The summed E-state index contributed by atoms with van der Waals surface area (Å²) in [6.07, 6.45) is 1.04. The van der Waals surface area contributed by atoms with E-state index in [0.717, 1.165) is 37.0 Å². The Morgan fingerprint density at radius 1 is 1.15 bits per heavy atom. The summed E-state index contributed by atoms with van der Waals surface area (Å²) in [4.78, 5) is 0. The van der Waals surface area contributed by atoms with Crippen molar-refractivity contribution in [2.24, 2.45) is 5.92 Å². The molecule has 0 aromatic heterocycles. The van der Waals surface area contributed by atoms with Gasteiger partial charge in [0.25, 0.3) is 0 Å². The van der Waals surface area contributed by atoms with Crippen molar-refractivity contribution in [3.63, 3.8) is 0 Å². The number of para-hydroxylation sites is 1. The Balaban J connectivity index is 2.73. The van der Waals surface area contributed by atoms with E-state index >= 15 is 0 Å². The van der Waals surface area contributed by atoms with Crippen LogP contribution in [0.1, 0.15) is 45.7 Å². The van der Waals surface area contributed by atoms with Crippen molar-refractivity contribution >= 4 is 11.8 Å². The Morgan fingerprint density at radius 3 is 2.55 bits per heavy atom. The topological polar surface area (TPSA) is 21.3 Å². The van der Waals surface area contributed by atoms with Crippen molar-refractivity contribution < 1.29 is 4.74 Å². The van der Waals surface area contributed by atoms with Crippen LogP contribution in [0.25, 0.3) is 0 Å². The minimum absolute atomic E-state index is 0.372. The molecule has 1 rings (SSSR count). The first-order chi connectivity index (χ1) is 9.69. The summed E-state index contributed by atoms with van der Waals surface area (Å²) in [5, 5.41) is 3.59. The van der Waals surface area contributed by atoms with Gasteiger partial charge in [0.1, 0.15) is 5.75 Å². The highest BCUT2D eigenvalue weighted by atomic mass is 32.2. The molecule has 2 nitrogen and oxygen atoms in total. The van der Waals surface area contributed by atoms with Gasteiger partial charge in [-0.3, -0.25) is 0 Å². The highest BCUT2D eigenvalue weighted by Gasteiger charge is 2.15. The van der Waals surface area contributed by atoms with Crippen LogP contribution in [0.2, 0.25) is 0 Å². The fourth-order valence-corrected chi connectivity index (χ4v) is 3.18. The van der Waals surface area contributed by atoms with Gasteiger partial charge in [0.05, 0.1) is 6.61 Å². The normalized spacial score (nSPS) is 12.7. The van der Waals surface area contributed by atoms with E-state index in [1.807, 2.05) is 11.8 Å². The number of ether oxygens (including phenoxy) is 1. The van der Waals surface area contributed by atoms with Crippen LogP contribution in [-0.2, 0) is 0 Å². The van der Waals surface area contributed by atoms with Gasteiger partial charge in [0.15, 0.2) is 0 Å². The maximum atomic E-state index is 5.89. The first kappa shape index (κ1) is 17.4. The van der Waals surface area contributed by atoms with Crippen LogP contribution >= 0.6 is 11.8 Å². The molecule has 0 amide bonds. The van der Waals surface area contributed by atoms with E-state index in [1.165, 1.54) is 11.3 Å². The number of rotatable bonds is 10. The van der Waals surface area contributed by atoms with Gasteiger partial charge in [-0.05, 0) is 30.7 Å². The minimum atomic E-state index is 0.372. The fourth-order valence-electron chi connectivity index (χ4n) is 2.04.